The molecule has 1 aromatic heterocycles. The van der Waals surface area contributed by atoms with Crippen LogP contribution in [0.3, 0.4) is 0 Å². The summed E-state index contributed by atoms with van der Waals surface area (Å²) in [7, 11) is 1.48. The van der Waals surface area contributed by atoms with Gasteiger partial charge in [0.2, 0.25) is 0 Å². The van der Waals surface area contributed by atoms with Crippen LogP contribution < -0.4 is 9.47 Å². The molecule has 0 amide bonds. The summed E-state index contributed by atoms with van der Waals surface area (Å²) in [6.07, 6.45) is 1.64. The van der Waals surface area contributed by atoms with E-state index in [1.165, 1.54) is 20.1 Å². The van der Waals surface area contributed by atoms with Gasteiger partial charge in [0, 0.05) is 37.1 Å². The highest BCUT2D eigenvalue weighted by Gasteiger charge is 2.15. The predicted octanol–water partition coefficient (Wildman–Crippen LogP) is 2.84. The minimum absolute atomic E-state index is 0.00169. The molecular weight excluding hydrogens is 277 g/mol. The Morgan fingerprint density at radius 3 is 2.76 bits per heavy atom. The van der Waals surface area contributed by atoms with E-state index in [9.17, 15) is 9.18 Å². The molecular formula is C15H16FNO4. The van der Waals surface area contributed by atoms with Gasteiger partial charge in [0.1, 0.15) is 17.3 Å². The Labute approximate surface area is 121 Å². The topological polar surface area (TPSA) is 57.7 Å². The Hall–Kier alpha value is -2.21. The van der Waals surface area contributed by atoms with Crippen molar-refractivity contribution in [2.24, 2.45) is 0 Å². The Balaban J connectivity index is 2.65. The number of halogens is 1. The van der Waals surface area contributed by atoms with Crippen molar-refractivity contribution in [1.29, 1.82) is 0 Å². The van der Waals surface area contributed by atoms with E-state index in [0.717, 1.165) is 6.20 Å². The zero-order valence-electron chi connectivity index (χ0n) is 12.1. The Kier molecular flexibility index (Phi) is 4.70. The molecule has 1 aromatic carbocycles. The molecule has 0 fully saturated rings. The molecule has 21 heavy (non-hydrogen) atoms. The van der Waals surface area contributed by atoms with Crippen molar-refractivity contribution in [2.45, 2.75) is 20.3 Å². The Bertz CT molecular complexity index is 672. The number of ether oxygens (including phenoxy) is 3. The molecule has 0 aliphatic heterocycles. The second-order valence-corrected chi connectivity index (χ2v) is 4.40. The molecule has 5 nitrogen and oxygen atoms in total. The van der Waals surface area contributed by atoms with Gasteiger partial charge < -0.3 is 14.2 Å². The number of benzene rings is 1. The third-order valence-electron chi connectivity index (χ3n) is 2.91. The average Bonchev–Trinajstić information content (AvgIpc) is 2.44. The maximum absolute atomic E-state index is 13.9. The molecule has 0 bridgehead atoms. The second kappa shape index (κ2) is 6.49. The Morgan fingerprint density at radius 2 is 2.14 bits per heavy atom. The van der Waals surface area contributed by atoms with E-state index in [4.69, 9.17) is 14.2 Å². The quantitative estimate of drug-likeness (QED) is 0.482. The van der Waals surface area contributed by atoms with Crippen LogP contribution in [0, 0.1) is 5.82 Å². The molecule has 2 aromatic rings. The van der Waals surface area contributed by atoms with Gasteiger partial charge in [0.25, 0.3) is 0 Å². The predicted molar refractivity (Wildman–Crippen MR) is 74.9 cm³/mol. The fraction of sp³-hybridized carbons (Fsp3) is 0.333. The van der Waals surface area contributed by atoms with E-state index >= 15 is 0 Å². The van der Waals surface area contributed by atoms with Gasteiger partial charge in [-0.1, -0.05) is 6.92 Å². The Morgan fingerprint density at radius 1 is 1.38 bits per heavy atom. The fourth-order valence-electron chi connectivity index (χ4n) is 2.11. The number of hydrogen-bond donors (Lipinski definition) is 0. The largest absolute Gasteiger partial charge is 0.467 e. The van der Waals surface area contributed by atoms with Crippen molar-refractivity contribution in [3.05, 3.63) is 29.7 Å². The lowest BCUT2D eigenvalue weighted by molar-refractivity contribution is -0.131. The monoisotopic (exact) mass is 293 g/mol. The number of esters is 1. The summed E-state index contributed by atoms with van der Waals surface area (Å²) in [4.78, 5) is 15.1. The van der Waals surface area contributed by atoms with Crippen LogP contribution in [0.1, 0.15) is 19.4 Å². The van der Waals surface area contributed by atoms with Crippen LogP contribution >= 0.6 is 0 Å². The number of fused-ring (bicyclic) bond motifs is 1. The number of rotatable bonds is 5. The minimum atomic E-state index is -0.454. The molecule has 2 rings (SSSR count). The summed E-state index contributed by atoms with van der Waals surface area (Å²) in [5.41, 5.74) is 0.999. The number of carbonyl (C=O) groups excluding carboxylic acids is 1. The molecule has 1 heterocycles. The first-order valence-electron chi connectivity index (χ1n) is 6.48. The highest BCUT2D eigenvalue weighted by molar-refractivity contribution is 5.90. The van der Waals surface area contributed by atoms with Gasteiger partial charge in [0.15, 0.2) is 6.79 Å². The van der Waals surface area contributed by atoms with E-state index in [1.807, 2.05) is 6.92 Å². The number of methoxy groups -OCH3 is 1. The second-order valence-electron chi connectivity index (χ2n) is 4.40. The van der Waals surface area contributed by atoms with Crippen molar-refractivity contribution in [2.75, 3.05) is 13.9 Å². The minimum Gasteiger partial charge on any atom is -0.467 e. The molecule has 6 heteroatoms. The van der Waals surface area contributed by atoms with E-state index in [1.54, 1.807) is 6.07 Å². The van der Waals surface area contributed by atoms with Crippen LogP contribution in [-0.4, -0.2) is 24.9 Å². The number of aryl methyl sites for hydroxylation is 1. The third-order valence-corrected chi connectivity index (χ3v) is 2.91. The van der Waals surface area contributed by atoms with Crippen LogP contribution in [0.25, 0.3) is 10.9 Å². The van der Waals surface area contributed by atoms with Crippen LogP contribution in [0.4, 0.5) is 4.39 Å². The number of pyridine rings is 1. The van der Waals surface area contributed by atoms with Gasteiger partial charge in [-0.05, 0) is 6.42 Å². The third kappa shape index (κ3) is 3.28. The first-order chi connectivity index (χ1) is 10.1. The van der Waals surface area contributed by atoms with E-state index < -0.39 is 11.8 Å². The van der Waals surface area contributed by atoms with Crippen LogP contribution in [0.5, 0.6) is 11.5 Å². The summed E-state index contributed by atoms with van der Waals surface area (Å²) in [5, 5.41) is 0.561. The highest BCUT2D eigenvalue weighted by atomic mass is 19.1. The van der Waals surface area contributed by atoms with Gasteiger partial charge in [-0.25, -0.2) is 4.39 Å². The lowest BCUT2D eigenvalue weighted by Crippen LogP contribution is -2.05. The van der Waals surface area contributed by atoms with Crippen molar-refractivity contribution in [3.8, 4) is 11.5 Å². The average molecular weight is 293 g/mol. The van der Waals surface area contributed by atoms with Crippen molar-refractivity contribution >= 4 is 16.9 Å². The molecule has 0 spiro atoms. The summed E-state index contributed by atoms with van der Waals surface area (Å²) in [6.45, 7) is 3.14. The number of nitrogens with zero attached hydrogens (tertiary/aromatic N) is 1. The van der Waals surface area contributed by atoms with E-state index in [-0.39, 0.29) is 6.79 Å². The maximum atomic E-state index is 13.9. The molecule has 0 saturated heterocycles. The molecule has 0 unspecified atom stereocenters. The molecule has 0 N–H and O–H groups in total. The zero-order valence-corrected chi connectivity index (χ0v) is 12.1. The van der Waals surface area contributed by atoms with Crippen molar-refractivity contribution < 1.29 is 23.4 Å². The SMILES string of the molecule is CCc1c(F)cnc2cc(OC(C)=O)cc(OCOC)c12. The van der Waals surface area contributed by atoms with Gasteiger partial charge >= 0.3 is 5.97 Å². The van der Waals surface area contributed by atoms with E-state index in [2.05, 4.69) is 4.98 Å². The van der Waals surface area contributed by atoms with Crippen LogP contribution in [0.15, 0.2) is 18.3 Å². The summed E-state index contributed by atoms with van der Waals surface area (Å²) >= 11 is 0. The van der Waals surface area contributed by atoms with Crippen molar-refractivity contribution in [3.63, 3.8) is 0 Å². The lowest BCUT2D eigenvalue weighted by atomic mass is 10.1. The van der Waals surface area contributed by atoms with Gasteiger partial charge in [0.05, 0.1) is 11.7 Å². The number of aromatic nitrogens is 1. The maximum Gasteiger partial charge on any atom is 0.308 e. The summed E-state index contributed by atoms with van der Waals surface area (Å²) in [6, 6.07) is 3.11. The zero-order chi connectivity index (χ0) is 15.4. The van der Waals surface area contributed by atoms with Crippen molar-refractivity contribution in [1.82, 2.24) is 4.98 Å². The number of carbonyl (C=O) groups is 1. The summed E-state index contributed by atoms with van der Waals surface area (Å²) in [5.74, 6) is -0.186. The lowest BCUT2D eigenvalue weighted by Gasteiger charge is -2.13. The van der Waals surface area contributed by atoms with Gasteiger partial charge in [-0.3, -0.25) is 9.78 Å². The van der Waals surface area contributed by atoms with Gasteiger partial charge in [-0.2, -0.15) is 0 Å². The van der Waals surface area contributed by atoms with E-state index in [0.29, 0.717) is 34.4 Å². The smallest absolute Gasteiger partial charge is 0.308 e. The molecule has 0 radical (unpaired) electrons. The molecule has 0 aliphatic rings. The standard InChI is InChI=1S/C15H16FNO4/c1-4-11-12(16)7-17-13-5-10(21-9(2)18)6-14(15(11)13)20-8-19-3/h5-7H,4,8H2,1-3H3. The van der Waals surface area contributed by atoms with Crippen LogP contribution in [-0.2, 0) is 16.0 Å². The van der Waals surface area contributed by atoms with Gasteiger partial charge in [-0.15, -0.1) is 0 Å². The summed E-state index contributed by atoms with van der Waals surface area (Å²) < 4.78 is 29.3. The first-order valence-corrected chi connectivity index (χ1v) is 6.48. The first kappa shape index (κ1) is 15.2. The van der Waals surface area contributed by atoms with Crippen LogP contribution in [0.2, 0.25) is 0 Å². The molecule has 112 valence electrons. The molecule has 0 atom stereocenters. The normalized spacial score (nSPS) is 10.7. The molecule has 0 saturated carbocycles. The fourth-order valence-corrected chi connectivity index (χ4v) is 2.11. The highest BCUT2D eigenvalue weighted by Crippen LogP contribution is 2.34. The molecule has 0 aliphatic carbocycles. The number of hydrogen-bond acceptors (Lipinski definition) is 5.